The van der Waals surface area contributed by atoms with Crippen molar-refractivity contribution in [2.24, 2.45) is 11.5 Å². The lowest BCUT2D eigenvalue weighted by Gasteiger charge is -2.18. The number of carboxylic acids is 2. The zero-order chi connectivity index (χ0) is 38.1. The Hall–Kier alpha value is -6.46. The van der Waals surface area contributed by atoms with Crippen molar-refractivity contribution in [3.05, 3.63) is 131 Å². The number of aromatic carboxylic acids is 2. The van der Waals surface area contributed by atoms with Gasteiger partial charge in [-0.15, -0.1) is 0 Å². The monoisotopic (exact) mass is 742 g/mol. The molecule has 7 rings (SSSR count). The number of fused-ring (bicyclic) bond motifs is 2. The van der Waals surface area contributed by atoms with Crippen LogP contribution in [0.15, 0.2) is 119 Å². The summed E-state index contributed by atoms with van der Waals surface area (Å²) in [6.07, 6.45) is 0. The van der Waals surface area contributed by atoms with Gasteiger partial charge in [0.25, 0.3) is 20.2 Å². The van der Waals surface area contributed by atoms with Gasteiger partial charge in [0.1, 0.15) is 0 Å². The summed E-state index contributed by atoms with van der Waals surface area (Å²) in [6, 6.07) is 27.0. The molecule has 0 atom stereocenters. The molecule has 7 aromatic carbocycles. The third-order valence-electron chi connectivity index (χ3n) is 7.98. The average Bonchev–Trinajstić information content (AvgIpc) is 3.10. The first-order valence-electron chi connectivity index (χ1n) is 14.7. The lowest BCUT2D eigenvalue weighted by atomic mass is 9.84. The Morgan fingerprint density at radius 3 is 0.904 bits per heavy atom. The fourth-order valence-electron chi connectivity index (χ4n) is 5.84. The molecule has 14 nitrogen and oxygen atoms in total. The van der Waals surface area contributed by atoms with Crippen molar-refractivity contribution in [2.45, 2.75) is 9.79 Å². The zero-order valence-electron chi connectivity index (χ0n) is 26.4. The fraction of sp³-hybridized carbons (Fsp3) is 0. The average molecular weight is 743 g/mol. The van der Waals surface area contributed by atoms with Gasteiger partial charge in [0.15, 0.2) is 0 Å². The van der Waals surface area contributed by atoms with Crippen LogP contribution < -0.4 is 11.5 Å². The van der Waals surface area contributed by atoms with Crippen molar-refractivity contribution in [2.75, 3.05) is 0 Å². The van der Waals surface area contributed by atoms with Gasteiger partial charge in [-0.1, -0.05) is 60.7 Å². The Bertz CT molecular complexity index is 2480. The van der Waals surface area contributed by atoms with Crippen LogP contribution in [-0.4, -0.2) is 59.9 Å². The molecule has 0 radical (unpaired) electrons. The minimum atomic E-state index is -4.00. The van der Waals surface area contributed by atoms with Crippen LogP contribution in [0.3, 0.4) is 0 Å². The highest BCUT2D eigenvalue weighted by molar-refractivity contribution is 7.86. The summed E-state index contributed by atoms with van der Waals surface area (Å²) in [6.45, 7) is 0. The Morgan fingerprint density at radius 1 is 0.404 bits per heavy atom. The van der Waals surface area contributed by atoms with E-state index in [9.17, 15) is 46.2 Å². The topological polar surface area (TPSA) is 270 Å². The molecule has 2 amide bonds. The van der Waals surface area contributed by atoms with Crippen LogP contribution in [0.2, 0.25) is 0 Å². The normalized spacial score (nSPS) is 11.4. The fourth-order valence-corrected chi connectivity index (χ4v) is 6.84. The maximum Gasteiger partial charge on any atom is 0.336 e. The number of amides is 2. The molecule has 52 heavy (non-hydrogen) atoms. The molecule has 0 spiro atoms. The molecule has 16 heteroatoms. The van der Waals surface area contributed by atoms with E-state index in [1.165, 1.54) is 48.5 Å². The van der Waals surface area contributed by atoms with Gasteiger partial charge >= 0.3 is 11.9 Å². The summed E-state index contributed by atoms with van der Waals surface area (Å²) in [5.74, 6) is -3.95. The van der Waals surface area contributed by atoms with E-state index in [1.54, 1.807) is 60.7 Å². The number of nitrogens with two attached hydrogens (primary N) is 2. The van der Waals surface area contributed by atoms with Crippen molar-refractivity contribution in [3.8, 4) is 0 Å². The summed E-state index contributed by atoms with van der Waals surface area (Å²) in [4.78, 5) is 47.9. The van der Waals surface area contributed by atoms with Gasteiger partial charge in [-0.3, -0.25) is 18.7 Å². The Morgan fingerprint density at radius 2 is 0.673 bits per heavy atom. The Labute approximate surface area is 294 Å². The number of benzene rings is 7. The summed E-state index contributed by atoms with van der Waals surface area (Å²) in [5, 5.41) is 23.3. The molecule has 0 unspecified atom stereocenters. The molecule has 264 valence electrons. The van der Waals surface area contributed by atoms with Crippen molar-refractivity contribution in [1.29, 1.82) is 0 Å². The largest absolute Gasteiger partial charge is 0.478 e. The summed E-state index contributed by atoms with van der Waals surface area (Å²) >= 11 is 0. The maximum atomic E-state index is 12.1. The van der Waals surface area contributed by atoms with E-state index in [2.05, 4.69) is 0 Å². The van der Waals surface area contributed by atoms with Gasteiger partial charge in [0.05, 0.1) is 20.9 Å². The van der Waals surface area contributed by atoms with Crippen LogP contribution in [0.5, 0.6) is 0 Å². The van der Waals surface area contributed by atoms with E-state index in [0.29, 0.717) is 37.7 Å². The van der Waals surface area contributed by atoms with Crippen molar-refractivity contribution in [3.63, 3.8) is 0 Å². The van der Waals surface area contributed by atoms with Crippen LogP contribution in [0, 0.1) is 0 Å². The predicted octanol–water partition coefficient (Wildman–Crippen LogP) is 5.20. The molecular formula is C36H26N2O12S2. The van der Waals surface area contributed by atoms with Crippen LogP contribution >= 0.6 is 0 Å². The quantitative estimate of drug-likeness (QED) is 0.0729. The van der Waals surface area contributed by atoms with Gasteiger partial charge in [-0.25, -0.2) is 9.59 Å². The second-order valence-corrected chi connectivity index (χ2v) is 13.9. The standard InChI is InChI=1S/C24H14N2O6.2C6H6O3S/c25-21(27)13-5-1-9-11-3-7-15(23(29)30)20-16(24(31)32)8-4-12(18(11)20)10-2-6-14(22(26)28)19(13)17(9)10;2*7-10(8,9)6-4-2-1-3-5-6/h1-8H,(H2,25,27)(H2,26,28)(H,29,30)(H,31,32);2*1-5H,(H,7,8,9). The molecule has 0 fully saturated rings. The highest BCUT2D eigenvalue weighted by Crippen LogP contribution is 2.43. The van der Waals surface area contributed by atoms with E-state index in [4.69, 9.17) is 20.6 Å². The van der Waals surface area contributed by atoms with Crippen molar-refractivity contribution < 1.29 is 55.3 Å². The molecule has 8 N–H and O–H groups in total. The molecule has 0 heterocycles. The molecule has 0 aliphatic heterocycles. The number of hydrogen-bond donors (Lipinski definition) is 6. The van der Waals surface area contributed by atoms with E-state index in [0.717, 1.165) is 0 Å². The van der Waals surface area contributed by atoms with Crippen molar-refractivity contribution >= 4 is 87.1 Å². The molecule has 0 saturated carbocycles. The van der Waals surface area contributed by atoms with Gasteiger partial charge in [0.2, 0.25) is 11.8 Å². The van der Waals surface area contributed by atoms with Gasteiger partial charge in [0, 0.05) is 21.9 Å². The van der Waals surface area contributed by atoms with Gasteiger partial charge in [-0.2, -0.15) is 16.8 Å². The smallest absolute Gasteiger partial charge is 0.336 e. The minimum Gasteiger partial charge on any atom is -0.478 e. The minimum absolute atomic E-state index is 0.0741. The molecule has 0 aliphatic rings. The van der Waals surface area contributed by atoms with Crippen LogP contribution in [0.25, 0.3) is 43.1 Å². The summed E-state index contributed by atoms with van der Waals surface area (Å²) in [7, 11) is -8.01. The Kier molecular flexibility index (Phi) is 9.94. The highest BCUT2D eigenvalue weighted by Gasteiger charge is 2.24. The first kappa shape index (κ1) is 36.8. The highest BCUT2D eigenvalue weighted by atomic mass is 32.2. The summed E-state index contributed by atoms with van der Waals surface area (Å²) in [5.41, 5.74) is 11.1. The third-order valence-corrected chi connectivity index (χ3v) is 9.71. The molecular weight excluding hydrogens is 717 g/mol. The number of carbonyl (C=O) groups excluding carboxylic acids is 2. The molecule has 0 saturated heterocycles. The first-order valence-corrected chi connectivity index (χ1v) is 17.6. The first-order chi connectivity index (χ1) is 24.4. The molecule has 0 bridgehead atoms. The predicted molar refractivity (Wildman–Crippen MR) is 191 cm³/mol. The van der Waals surface area contributed by atoms with E-state index < -0.39 is 44.0 Å². The third kappa shape index (κ3) is 7.07. The lowest BCUT2D eigenvalue weighted by molar-refractivity contribution is 0.0695. The van der Waals surface area contributed by atoms with Crippen molar-refractivity contribution in [1.82, 2.24) is 0 Å². The second-order valence-electron chi connectivity index (χ2n) is 11.1. The molecule has 7 aromatic rings. The molecule has 0 aliphatic carbocycles. The summed E-state index contributed by atoms with van der Waals surface area (Å²) < 4.78 is 58.5. The SMILES string of the molecule is NC(=O)c1ccc2c3ccc(C(=O)O)c4c(C(=O)O)ccc(c5ccc(C(N)=O)c1c25)c43.O=S(=O)(O)c1ccccc1.O=S(=O)(O)c1ccccc1. The van der Waals surface area contributed by atoms with Crippen LogP contribution in [0.1, 0.15) is 41.4 Å². The lowest BCUT2D eigenvalue weighted by Crippen LogP contribution is -2.16. The zero-order valence-corrected chi connectivity index (χ0v) is 28.1. The van der Waals surface area contributed by atoms with Crippen LogP contribution in [0.4, 0.5) is 0 Å². The van der Waals surface area contributed by atoms with E-state index in [-0.39, 0.29) is 37.4 Å². The molecule has 0 aromatic heterocycles. The number of carbonyl (C=O) groups is 4. The number of rotatable bonds is 6. The van der Waals surface area contributed by atoms with E-state index >= 15 is 0 Å². The van der Waals surface area contributed by atoms with Gasteiger partial charge in [-0.05, 0) is 80.8 Å². The number of carboxylic acid groups (broad SMARTS) is 2. The number of hydrogen-bond acceptors (Lipinski definition) is 8. The van der Waals surface area contributed by atoms with Crippen LogP contribution in [-0.2, 0) is 20.2 Å². The number of primary amides is 2. The maximum absolute atomic E-state index is 12.1. The van der Waals surface area contributed by atoms with E-state index in [1.807, 2.05) is 0 Å². The van der Waals surface area contributed by atoms with Gasteiger partial charge < -0.3 is 21.7 Å². The Balaban J connectivity index is 0.000000212. The second kappa shape index (κ2) is 14.0.